The lowest BCUT2D eigenvalue weighted by Gasteiger charge is -2.32. The highest BCUT2D eigenvalue weighted by molar-refractivity contribution is 7.89. The molecule has 2 aromatic carbocycles. The van der Waals surface area contributed by atoms with Crippen molar-refractivity contribution < 1.29 is 22.7 Å². The monoisotopic (exact) mass is 460 g/mol. The smallest absolute Gasteiger partial charge is 0.253 e. The topological polar surface area (TPSA) is 76.1 Å². The number of piperidine rings is 1. The number of hydrogen-bond donors (Lipinski definition) is 0. The third-order valence-corrected chi connectivity index (χ3v) is 7.77. The minimum atomic E-state index is -3.77. The van der Waals surface area contributed by atoms with Crippen LogP contribution in [0.5, 0.6) is 11.5 Å². The van der Waals surface area contributed by atoms with Crippen molar-refractivity contribution >= 4 is 15.9 Å². The Morgan fingerprint density at radius 1 is 1.16 bits per heavy atom. The number of nitrogens with zero attached hydrogens (tertiary/aromatic N) is 2. The molecule has 0 N–H and O–H groups in total. The highest BCUT2D eigenvalue weighted by Crippen LogP contribution is 2.32. The molecule has 0 aromatic heterocycles. The summed E-state index contributed by atoms with van der Waals surface area (Å²) in [6.07, 6.45) is 3.33. The normalized spacial score (nSPS) is 17.0. The standard InChI is InChI=1S/C24H32N2O5S/c1-19-10-7-8-16-26(19)32(28,29)23-18-20(13-14-22(23)30-3)24(27)25(2)15-9-17-31-21-11-5-4-6-12-21/h4-6,11-14,18-19H,7-10,15-17H2,1-3H3. The fourth-order valence-corrected chi connectivity index (χ4v) is 5.78. The molecule has 0 aliphatic carbocycles. The first-order valence-corrected chi connectivity index (χ1v) is 12.4. The van der Waals surface area contributed by atoms with Crippen molar-refractivity contribution in [2.45, 2.75) is 43.5 Å². The van der Waals surface area contributed by atoms with Crippen LogP contribution in [0.1, 0.15) is 43.0 Å². The fraction of sp³-hybridized carbons (Fsp3) is 0.458. The molecule has 0 saturated carbocycles. The van der Waals surface area contributed by atoms with E-state index in [4.69, 9.17) is 9.47 Å². The molecule has 32 heavy (non-hydrogen) atoms. The predicted octanol–water partition coefficient (Wildman–Crippen LogP) is 3.80. The zero-order chi connectivity index (χ0) is 23.1. The van der Waals surface area contributed by atoms with Crippen LogP contribution in [0, 0.1) is 0 Å². The van der Waals surface area contributed by atoms with Crippen LogP contribution in [0.2, 0.25) is 0 Å². The summed E-state index contributed by atoms with van der Waals surface area (Å²) in [6, 6.07) is 14.0. The molecule has 1 unspecified atom stereocenters. The molecule has 8 heteroatoms. The van der Waals surface area contributed by atoms with E-state index in [1.54, 1.807) is 24.1 Å². The first kappa shape index (κ1) is 24.1. The Hall–Kier alpha value is -2.58. The molecule has 1 aliphatic rings. The van der Waals surface area contributed by atoms with Gasteiger partial charge in [0.25, 0.3) is 5.91 Å². The molecule has 174 valence electrons. The Kier molecular flexibility index (Phi) is 8.15. The van der Waals surface area contributed by atoms with Gasteiger partial charge in [0, 0.05) is 31.7 Å². The Bertz CT molecular complexity index is 1010. The van der Waals surface area contributed by atoms with Crippen molar-refractivity contribution in [1.82, 2.24) is 9.21 Å². The van der Waals surface area contributed by atoms with Gasteiger partial charge >= 0.3 is 0 Å². The summed E-state index contributed by atoms with van der Waals surface area (Å²) in [7, 11) is -0.626. The molecule has 1 aliphatic heterocycles. The second kappa shape index (κ2) is 10.8. The molecule has 1 atom stereocenters. The minimum absolute atomic E-state index is 0.0420. The van der Waals surface area contributed by atoms with Gasteiger partial charge in [0.15, 0.2) is 0 Å². The second-order valence-corrected chi connectivity index (χ2v) is 9.93. The molecule has 1 amide bonds. The van der Waals surface area contributed by atoms with Crippen LogP contribution in [0.15, 0.2) is 53.4 Å². The zero-order valence-electron chi connectivity index (χ0n) is 19.0. The lowest BCUT2D eigenvalue weighted by atomic mass is 10.1. The van der Waals surface area contributed by atoms with Crippen LogP contribution in [0.3, 0.4) is 0 Å². The molecular formula is C24H32N2O5S. The van der Waals surface area contributed by atoms with E-state index in [1.165, 1.54) is 17.5 Å². The molecule has 0 radical (unpaired) electrons. The van der Waals surface area contributed by atoms with Gasteiger partial charge in [0.05, 0.1) is 13.7 Å². The summed E-state index contributed by atoms with van der Waals surface area (Å²) in [4.78, 5) is 14.6. The van der Waals surface area contributed by atoms with Crippen LogP contribution in [-0.2, 0) is 10.0 Å². The number of benzene rings is 2. The van der Waals surface area contributed by atoms with E-state index in [2.05, 4.69) is 0 Å². The number of hydrogen-bond acceptors (Lipinski definition) is 5. The van der Waals surface area contributed by atoms with Crippen LogP contribution >= 0.6 is 0 Å². The molecule has 2 aromatic rings. The Labute approximate surface area is 191 Å². The minimum Gasteiger partial charge on any atom is -0.495 e. The van der Waals surface area contributed by atoms with Crippen molar-refractivity contribution in [3.8, 4) is 11.5 Å². The Morgan fingerprint density at radius 2 is 1.91 bits per heavy atom. The zero-order valence-corrected chi connectivity index (χ0v) is 19.8. The van der Waals surface area contributed by atoms with Gasteiger partial charge < -0.3 is 14.4 Å². The van der Waals surface area contributed by atoms with E-state index in [0.717, 1.165) is 25.0 Å². The van der Waals surface area contributed by atoms with E-state index in [1.807, 2.05) is 37.3 Å². The maximum absolute atomic E-state index is 13.4. The van der Waals surface area contributed by atoms with Crippen molar-refractivity contribution in [2.75, 3.05) is 33.9 Å². The number of ether oxygens (including phenoxy) is 2. The molecule has 0 spiro atoms. The number of amides is 1. The van der Waals surface area contributed by atoms with E-state index < -0.39 is 10.0 Å². The molecule has 1 heterocycles. The van der Waals surface area contributed by atoms with Crippen molar-refractivity contribution in [1.29, 1.82) is 0 Å². The average molecular weight is 461 g/mol. The van der Waals surface area contributed by atoms with Crippen LogP contribution in [0.25, 0.3) is 0 Å². The molecule has 1 saturated heterocycles. The van der Waals surface area contributed by atoms with E-state index in [0.29, 0.717) is 31.7 Å². The predicted molar refractivity (Wildman–Crippen MR) is 124 cm³/mol. The first-order chi connectivity index (χ1) is 15.3. The van der Waals surface area contributed by atoms with Gasteiger partial charge in [0.2, 0.25) is 10.0 Å². The first-order valence-electron chi connectivity index (χ1n) is 11.0. The third-order valence-electron chi connectivity index (χ3n) is 5.74. The van der Waals surface area contributed by atoms with Gasteiger partial charge in [-0.05, 0) is 56.5 Å². The largest absolute Gasteiger partial charge is 0.495 e. The maximum Gasteiger partial charge on any atom is 0.253 e. The maximum atomic E-state index is 13.4. The lowest BCUT2D eigenvalue weighted by Crippen LogP contribution is -2.42. The SMILES string of the molecule is COc1ccc(C(=O)N(C)CCCOc2ccccc2)cc1S(=O)(=O)N1CCCCC1C. The highest BCUT2D eigenvalue weighted by Gasteiger charge is 2.33. The van der Waals surface area contributed by atoms with Crippen molar-refractivity contribution in [2.24, 2.45) is 0 Å². The summed E-state index contributed by atoms with van der Waals surface area (Å²) in [5.74, 6) is 0.798. The molecule has 3 rings (SSSR count). The Balaban J connectivity index is 1.70. The van der Waals surface area contributed by atoms with Gasteiger partial charge in [-0.1, -0.05) is 24.6 Å². The molecule has 1 fully saturated rings. The lowest BCUT2D eigenvalue weighted by molar-refractivity contribution is 0.0787. The van der Waals surface area contributed by atoms with Gasteiger partial charge in [-0.2, -0.15) is 4.31 Å². The third kappa shape index (κ3) is 5.61. The fourth-order valence-electron chi connectivity index (χ4n) is 3.90. The quantitative estimate of drug-likeness (QED) is 0.532. The summed E-state index contributed by atoms with van der Waals surface area (Å²) >= 11 is 0. The average Bonchev–Trinajstić information content (AvgIpc) is 2.81. The van der Waals surface area contributed by atoms with Crippen LogP contribution in [0.4, 0.5) is 0 Å². The number of methoxy groups -OCH3 is 1. The second-order valence-electron chi connectivity index (χ2n) is 8.07. The van der Waals surface area contributed by atoms with Gasteiger partial charge in [0.1, 0.15) is 16.4 Å². The number of carbonyl (C=O) groups is 1. The molecule has 0 bridgehead atoms. The van der Waals surface area contributed by atoms with Gasteiger partial charge in [-0.25, -0.2) is 8.42 Å². The van der Waals surface area contributed by atoms with Crippen molar-refractivity contribution in [3.63, 3.8) is 0 Å². The van der Waals surface area contributed by atoms with E-state index in [9.17, 15) is 13.2 Å². The Morgan fingerprint density at radius 3 is 2.59 bits per heavy atom. The number of carbonyl (C=O) groups excluding carboxylic acids is 1. The summed E-state index contributed by atoms with van der Waals surface area (Å²) in [5.41, 5.74) is 0.320. The van der Waals surface area contributed by atoms with E-state index in [-0.39, 0.29) is 22.6 Å². The number of rotatable bonds is 9. The summed E-state index contributed by atoms with van der Waals surface area (Å²) < 4.78 is 39.3. The van der Waals surface area contributed by atoms with Crippen molar-refractivity contribution in [3.05, 3.63) is 54.1 Å². The molecular weight excluding hydrogens is 428 g/mol. The number of sulfonamides is 1. The van der Waals surface area contributed by atoms with Gasteiger partial charge in [-0.3, -0.25) is 4.79 Å². The van der Waals surface area contributed by atoms with Crippen LogP contribution in [-0.4, -0.2) is 63.4 Å². The van der Waals surface area contributed by atoms with E-state index >= 15 is 0 Å². The highest BCUT2D eigenvalue weighted by atomic mass is 32.2. The van der Waals surface area contributed by atoms with Gasteiger partial charge in [-0.15, -0.1) is 0 Å². The summed E-state index contributed by atoms with van der Waals surface area (Å²) in [6.45, 7) is 3.37. The molecule has 7 nitrogen and oxygen atoms in total. The number of para-hydroxylation sites is 1. The van der Waals surface area contributed by atoms with Crippen LogP contribution < -0.4 is 9.47 Å². The summed E-state index contributed by atoms with van der Waals surface area (Å²) in [5, 5.41) is 0.